The van der Waals surface area contributed by atoms with Gasteiger partial charge in [0.1, 0.15) is 0 Å². The molecule has 0 aromatic heterocycles. The molecule has 0 aliphatic carbocycles. The predicted octanol–water partition coefficient (Wildman–Crippen LogP) is 4.02. The van der Waals surface area contributed by atoms with Gasteiger partial charge in [-0.3, -0.25) is 9.69 Å². The lowest BCUT2D eigenvalue weighted by atomic mass is 9.92. The van der Waals surface area contributed by atoms with Gasteiger partial charge in [-0.05, 0) is 30.4 Å². The number of aliphatic imine (C=N–C) groups is 1. The number of amidine groups is 1. The van der Waals surface area contributed by atoms with Crippen LogP contribution in [0.15, 0.2) is 40.5 Å². The van der Waals surface area contributed by atoms with Gasteiger partial charge in [0.15, 0.2) is 5.17 Å². The number of benzene rings is 1. The molecule has 2 heterocycles. The van der Waals surface area contributed by atoms with Gasteiger partial charge in [-0.1, -0.05) is 56.8 Å². The molecule has 26 heavy (non-hydrogen) atoms. The van der Waals surface area contributed by atoms with Gasteiger partial charge in [0.25, 0.3) is 0 Å². The highest BCUT2D eigenvalue weighted by Gasteiger charge is 2.47. The van der Waals surface area contributed by atoms with Crippen molar-refractivity contribution in [3.05, 3.63) is 46.7 Å². The van der Waals surface area contributed by atoms with E-state index in [-0.39, 0.29) is 11.2 Å². The van der Waals surface area contributed by atoms with E-state index >= 15 is 0 Å². The van der Waals surface area contributed by atoms with Crippen molar-refractivity contribution in [2.45, 2.75) is 51.3 Å². The van der Waals surface area contributed by atoms with E-state index in [1.165, 1.54) is 24.4 Å². The SMILES string of the molecule is CC[C@H]1SC2=NC(C)=C(C(=O)OC)[C@H](c3ccc(C(C)C)cc3)N2C1=O. The van der Waals surface area contributed by atoms with E-state index in [4.69, 9.17) is 4.74 Å². The zero-order chi connectivity index (χ0) is 19.0. The number of methoxy groups -OCH3 is 1. The number of allylic oxidation sites excluding steroid dienone is 1. The van der Waals surface area contributed by atoms with E-state index in [0.717, 1.165) is 12.0 Å². The Hall–Kier alpha value is -2.08. The van der Waals surface area contributed by atoms with E-state index < -0.39 is 12.0 Å². The van der Waals surface area contributed by atoms with Crippen LogP contribution in [0, 0.1) is 0 Å². The smallest absolute Gasteiger partial charge is 0.338 e. The van der Waals surface area contributed by atoms with Gasteiger partial charge in [-0.2, -0.15) is 0 Å². The lowest BCUT2D eigenvalue weighted by molar-refractivity contribution is -0.137. The topological polar surface area (TPSA) is 59.0 Å². The minimum Gasteiger partial charge on any atom is -0.466 e. The van der Waals surface area contributed by atoms with Crippen LogP contribution in [0.25, 0.3) is 0 Å². The third-order valence-electron chi connectivity index (χ3n) is 4.85. The standard InChI is InChI=1S/C20H24N2O3S/c1-6-15-18(23)22-17(14-9-7-13(8-10-14)11(2)3)16(19(24)25-5)12(4)21-20(22)26-15/h7-11,15,17H,6H2,1-5H3/t15-,17+/m1/s1. The molecule has 6 heteroatoms. The molecule has 0 saturated carbocycles. The summed E-state index contributed by atoms with van der Waals surface area (Å²) in [4.78, 5) is 31.6. The Balaban J connectivity index is 2.11. The van der Waals surface area contributed by atoms with Crippen molar-refractivity contribution in [1.29, 1.82) is 0 Å². The summed E-state index contributed by atoms with van der Waals surface area (Å²) in [6.45, 7) is 8.06. The second-order valence-electron chi connectivity index (χ2n) is 6.83. The second-order valence-corrected chi connectivity index (χ2v) is 8.00. The molecule has 0 bridgehead atoms. The number of carbonyl (C=O) groups excluding carboxylic acids is 2. The quantitative estimate of drug-likeness (QED) is 0.749. The first-order valence-electron chi connectivity index (χ1n) is 8.86. The zero-order valence-electron chi connectivity index (χ0n) is 15.8. The van der Waals surface area contributed by atoms with E-state index in [1.807, 2.05) is 19.1 Å². The van der Waals surface area contributed by atoms with Crippen molar-refractivity contribution >= 4 is 28.8 Å². The van der Waals surface area contributed by atoms with Crippen molar-refractivity contribution in [2.24, 2.45) is 4.99 Å². The van der Waals surface area contributed by atoms with Crippen LogP contribution >= 0.6 is 11.8 Å². The molecule has 138 valence electrons. The average molecular weight is 372 g/mol. The molecular weight excluding hydrogens is 348 g/mol. The third kappa shape index (κ3) is 3.07. The minimum absolute atomic E-state index is 0.00286. The first-order valence-corrected chi connectivity index (χ1v) is 9.74. The largest absolute Gasteiger partial charge is 0.466 e. The van der Waals surface area contributed by atoms with E-state index in [9.17, 15) is 9.59 Å². The summed E-state index contributed by atoms with van der Waals surface area (Å²) in [6.07, 6.45) is 0.727. The monoisotopic (exact) mass is 372 g/mol. The Morgan fingerprint density at radius 1 is 1.31 bits per heavy atom. The molecule has 5 nitrogen and oxygen atoms in total. The van der Waals surface area contributed by atoms with Crippen LogP contribution in [0.2, 0.25) is 0 Å². The molecule has 1 aromatic rings. The van der Waals surface area contributed by atoms with E-state index in [0.29, 0.717) is 22.4 Å². The number of amides is 1. The van der Waals surface area contributed by atoms with Gasteiger partial charge in [-0.15, -0.1) is 0 Å². The van der Waals surface area contributed by atoms with Crippen molar-refractivity contribution in [3.63, 3.8) is 0 Å². The van der Waals surface area contributed by atoms with Gasteiger partial charge in [0.05, 0.1) is 29.7 Å². The van der Waals surface area contributed by atoms with E-state index in [2.05, 4.69) is 31.0 Å². The van der Waals surface area contributed by atoms with Gasteiger partial charge in [0, 0.05) is 0 Å². The summed E-state index contributed by atoms with van der Waals surface area (Å²) in [5.41, 5.74) is 3.15. The molecule has 0 radical (unpaired) electrons. The number of rotatable bonds is 4. The highest BCUT2D eigenvalue weighted by atomic mass is 32.2. The molecule has 2 aliphatic rings. The number of ether oxygens (including phenoxy) is 1. The summed E-state index contributed by atoms with van der Waals surface area (Å²) >= 11 is 1.47. The molecule has 1 amide bonds. The van der Waals surface area contributed by atoms with Crippen molar-refractivity contribution < 1.29 is 14.3 Å². The maximum atomic E-state index is 12.9. The maximum Gasteiger partial charge on any atom is 0.338 e. The summed E-state index contributed by atoms with van der Waals surface area (Å²) in [5.74, 6) is -0.0256. The molecule has 1 fully saturated rings. The fourth-order valence-electron chi connectivity index (χ4n) is 3.34. The van der Waals surface area contributed by atoms with Crippen LogP contribution in [0.3, 0.4) is 0 Å². The number of fused-ring (bicyclic) bond motifs is 1. The van der Waals surface area contributed by atoms with E-state index in [1.54, 1.807) is 11.8 Å². The fraction of sp³-hybridized carbons (Fsp3) is 0.450. The molecule has 0 N–H and O–H groups in total. The van der Waals surface area contributed by atoms with Crippen LogP contribution < -0.4 is 0 Å². The van der Waals surface area contributed by atoms with Crippen LogP contribution in [0.1, 0.15) is 57.2 Å². The third-order valence-corrected chi connectivity index (χ3v) is 6.16. The molecular formula is C20H24N2O3S. The lowest BCUT2D eigenvalue weighted by Gasteiger charge is -2.33. The summed E-state index contributed by atoms with van der Waals surface area (Å²) < 4.78 is 5.00. The first-order chi connectivity index (χ1) is 12.4. The predicted molar refractivity (Wildman–Crippen MR) is 104 cm³/mol. The Bertz CT molecular complexity index is 796. The Labute approximate surface area is 158 Å². The Morgan fingerprint density at radius 3 is 2.50 bits per heavy atom. The van der Waals surface area contributed by atoms with Crippen molar-refractivity contribution in [3.8, 4) is 0 Å². The highest BCUT2D eigenvalue weighted by Crippen LogP contribution is 2.44. The molecule has 0 spiro atoms. The number of hydrogen-bond acceptors (Lipinski definition) is 5. The highest BCUT2D eigenvalue weighted by molar-refractivity contribution is 8.15. The molecule has 1 saturated heterocycles. The van der Waals surface area contributed by atoms with Crippen LogP contribution in [0.5, 0.6) is 0 Å². The Kier molecular flexibility index (Phi) is 5.23. The number of esters is 1. The summed E-state index contributed by atoms with van der Waals surface area (Å²) in [7, 11) is 1.36. The van der Waals surface area contributed by atoms with Crippen LogP contribution in [0.4, 0.5) is 0 Å². The molecule has 2 atom stereocenters. The minimum atomic E-state index is -0.493. The number of carbonyl (C=O) groups is 2. The van der Waals surface area contributed by atoms with Gasteiger partial charge < -0.3 is 4.74 Å². The second kappa shape index (κ2) is 7.27. The first kappa shape index (κ1) is 18.7. The van der Waals surface area contributed by atoms with Crippen molar-refractivity contribution in [2.75, 3.05) is 7.11 Å². The summed E-state index contributed by atoms with van der Waals surface area (Å²) in [6, 6.07) is 7.61. The fourth-order valence-corrected chi connectivity index (χ4v) is 4.47. The maximum absolute atomic E-state index is 12.9. The molecule has 3 rings (SSSR count). The molecule has 2 aliphatic heterocycles. The molecule has 1 aromatic carbocycles. The number of hydrogen-bond donors (Lipinski definition) is 0. The normalized spacial score (nSPS) is 22.6. The average Bonchev–Trinajstić information content (AvgIpc) is 2.95. The van der Waals surface area contributed by atoms with Crippen LogP contribution in [-0.2, 0) is 14.3 Å². The molecule has 0 unspecified atom stereocenters. The zero-order valence-corrected chi connectivity index (χ0v) is 16.6. The van der Waals surface area contributed by atoms with Crippen molar-refractivity contribution in [1.82, 2.24) is 4.90 Å². The Morgan fingerprint density at radius 2 is 1.96 bits per heavy atom. The van der Waals surface area contributed by atoms with Gasteiger partial charge >= 0.3 is 5.97 Å². The lowest BCUT2D eigenvalue weighted by Crippen LogP contribution is -2.40. The number of nitrogens with zero attached hydrogens (tertiary/aromatic N) is 2. The summed E-state index contributed by atoms with van der Waals surface area (Å²) in [5, 5.41) is 0.515. The van der Waals surface area contributed by atoms with Gasteiger partial charge in [0.2, 0.25) is 5.91 Å². The number of thioether (sulfide) groups is 1. The van der Waals surface area contributed by atoms with Gasteiger partial charge in [-0.25, -0.2) is 9.79 Å². The van der Waals surface area contributed by atoms with Crippen LogP contribution in [-0.4, -0.2) is 34.3 Å².